The molecule has 0 bridgehead atoms. The van der Waals surface area contributed by atoms with Crippen LogP contribution in [0, 0.1) is 6.92 Å². The van der Waals surface area contributed by atoms with Gasteiger partial charge in [-0.15, -0.1) is 0 Å². The molecule has 0 nitrogen and oxygen atoms in total. The van der Waals surface area contributed by atoms with Crippen molar-refractivity contribution in [2.75, 3.05) is 0 Å². The van der Waals surface area contributed by atoms with E-state index in [4.69, 9.17) is 11.6 Å². The van der Waals surface area contributed by atoms with Gasteiger partial charge in [-0.1, -0.05) is 43.5 Å². The van der Waals surface area contributed by atoms with Crippen LogP contribution in [-0.2, 0) is 5.33 Å². The predicted molar refractivity (Wildman–Crippen MR) is 56.5 cm³/mol. The van der Waals surface area contributed by atoms with Gasteiger partial charge in [-0.3, -0.25) is 0 Å². The molecule has 1 aromatic rings. The lowest BCUT2D eigenvalue weighted by atomic mass is 10.1. The molecule has 0 aliphatic rings. The molecule has 0 fully saturated rings. The average molecular weight is 298 g/mol. The third-order valence-electron chi connectivity index (χ3n) is 1.52. The summed E-state index contributed by atoms with van der Waals surface area (Å²) in [6.07, 6.45) is 0. The van der Waals surface area contributed by atoms with Gasteiger partial charge in [0.1, 0.15) is 0 Å². The van der Waals surface area contributed by atoms with Gasteiger partial charge in [0.05, 0.1) is 0 Å². The van der Waals surface area contributed by atoms with Gasteiger partial charge in [0, 0.05) is 14.8 Å². The maximum absolute atomic E-state index is 5.97. The molecule has 0 atom stereocenters. The second-order valence-electron chi connectivity index (χ2n) is 2.32. The van der Waals surface area contributed by atoms with E-state index in [0.29, 0.717) is 0 Å². The van der Waals surface area contributed by atoms with Gasteiger partial charge in [-0.2, -0.15) is 0 Å². The third kappa shape index (κ3) is 2.20. The first-order valence-corrected chi connectivity index (χ1v) is 5.45. The Morgan fingerprint density at radius 2 is 2.09 bits per heavy atom. The van der Waals surface area contributed by atoms with Crippen molar-refractivity contribution in [1.82, 2.24) is 0 Å². The third-order valence-corrected chi connectivity index (χ3v) is 2.87. The van der Waals surface area contributed by atoms with Crippen LogP contribution in [0.5, 0.6) is 0 Å². The lowest BCUT2D eigenvalue weighted by Crippen LogP contribution is -1.85. The number of alkyl halides is 1. The zero-order chi connectivity index (χ0) is 8.43. The smallest absolute Gasteiger partial charge is 0.0460 e. The molecular weight excluding hydrogens is 291 g/mol. The molecule has 0 N–H and O–H groups in total. The summed E-state index contributed by atoms with van der Waals surface area (Å²) in [6.45, 7) is 2.05. The number of benzene rings is 1. The molecule has 1 aromatic carbocycles. The summed E-state index contributed by atoms with van der Waals surface area (Å²) in [7, 11) is 0. The summed E-state index contributed by atoms with van der Waals surface area (Å²) in [5, 5.41) is 1.62. The van der Waals surface area contributed by atoms with Crippen LogP contribution in [0.1, 0.15) is 11.1 Å². The summed E-state index contributed by atoms with van der Waals surface area (Å²) in [6, 6.07) is 3.97. The highest BCUT2D eigenvalue weighted by Gasteiger charge is 2.03. The normalized spacial score (nSPS) is 10.2. The van der Waals surface area contributed by atoms with Crippen molar-refractivity contribution in [1.29, 1.82) is 0 Å². The molecule has 0 radical (unpaired) electrons. The standard InChI is InChI=1S/C8H7Br2Cl/c1-5-2-6(10)3-8(11)7(5)4-9/h2-3H,4H2,1H3. The highest BCUT2D eigenvalue weighted by molar-refractivity contribution is 9.10. The van der Waals surface area contributed by atoms with Gasteiger partial charge in [-0.25, -0.2) is 0 Å². The Hall–Kier alpha value is 0.470. The number of hydrogen-bond acceptors (Lipinski definition) is 0. The second-order valence-corrected chi connectivity index (χ2v) is 4.20. The van der Waals surface area contributed by atoms with Crippen molar-refractivity contribution in [2.45, 2.75) is 12.3 Å². The Balaban J connectivity index is 3.25. The maximum atomic E-state index is 5.97. The Morgan fingerprint density at radius 1 is 1.45 bits per heavy atom. The topological polar surface area (TPSA) is 0 Å². The average Bonchev–Trinajstić information content (AvgIpc) is 1.85. The zero-order valence-corrected chi connectivity index (χ0v) is 9.92. The van der Waals surface area contributed by atoms with Crippen molar-refractivity contribution >= 4 is 43.5 Å². The molecule has 0 saturated heterocycles. The Morgan fingerprint density at radius 3 is 2.55 bits per heavy atom. The number of halogens is 3. The molecule has 60 valence electrons. The van der Waals surface area contributed by atoms with Crippen LogP contribution in [0.15, 0.2) is 16.6 Å². The van der Waals surface area contributed by atoms with E-state index in [-0.39, 0.29) is 0 Å². The first-order chi connectivity index (χ1) is 5.15. The summed E-state index contributed by atoms with van der Waals surface area (Å²) in [4.78, 5) is 0. The fourth-order valence-electron chi connectivity index (χ4n) is 0.901. The molecule has 0 amide bonds. The largest absolute Gasteiger partial charge is 0.0876 e. The monoisotopic (exact) mass is 296 g/mol. The van der Waals surface area contributed by atoms with E-state index in [1.54, 1.807) is 0 Å². The molecule has 0 heterocycles. The zero-order valence-electron chi connectivity index (χ0n) is 6.00. The van der Waals surface area contributed by atoms with Crippen molar-refractivity contribution in [3.8, 4) is 0 Å². The molecule has 11 heavy (non-hydrogen) atoms. The maximum Gasteiger partial charge on any atom is 0.0460 e. The van der Waals surface area contributed by atoms with Crippen LogP contribution in [0.4, 0.5) is 0 Å². The Kier molecular flexibility index (Phi) is 3.41. The molecule has 3 heteroatoms. The molecule has 0 aromatic heterocycles. The van der Waals surface area contributed by atoms with Crippen molar-refractivity contribution in [3.05, 3.63) is 32.8 Å². The highest BCUT2D eigenvalue weighted by atomic mass is 79.9. The van der Waals surface area contributed by atoms with Gasteiger partial charge in [-0.05, 0) is 30.2 Å². The molecule has 0 spiro atoms. The highest BCUT2D eigenvalue weighted by Crippen LogP contribution is 2.26. The van der Waals surface area contributed by atoms with Crippen LogP contribution in [0.2, 0.25) is 5.02 Å². The second kappa shape index (κ2) is 3.92. The van der Waals surface area contributed by atoms with Gasteiger partial charge in [0.15, 0.2) is 0 Å². The first kappa shape index (κ1) is 9.56. The van der Waals surface area contributed by atoms with E-state index in [9.17, 15) is 0 Å². The lowest BCUT2D eigenvalue weighted by molar-refractivity contribution is 1.31. The van der Waals surface area contributed by atoms with Gasteiger partial charge >= 0.3 is 0 Å². The number of aryl methyl sites for hydroxylation is 1. The van der Waals surface area contributed by atoms with Crippen molar-refractivity contribution in [2.24, 2.45) is 0 Å². The molecule has 0 aliphatic heterocycles. The number of rotatable bonds is 1. The van der Waals surface area contributed by atoms with Crippen molar-refractivity contribution in [3.63, 3.8) is 0 Å². The summed E-state index contributed by atoms with van der Waals surface area (Å²) < 4.78 is 1.03. The fourth-order valence-corrected chi connectivity index (χ4v) is 2.84. The van der Waals surface area contributed by atoms with Gasteiger partial charge in [0.25, 0.3) is 0 Å². The molecule has 0 aliphatic carbocycles. The van der Waals surface area contributed by atoms with Crippen LogP contribution in [0.25, 0.3) is 0 Å². The van der Waals surface area contributed by atoms with E-state index in [1.807, 2.05) is 13.0 Å². The Labute approximate surface area is 88.2 Å². The first-order valence-electron chi connectivity index (χ1n) is 3.15. The quantitative estimate of drug-likeness (QED) is 0.678. The van der Waals surface area contributed by atoms with Gasteiger partial charge < -0.3 is 0 Å². The molecular formula is C8H7Br2Cl. The molecule has 0 unspecified atom stereocenters. The van der Waals surface area contributed by atoms with Gasteiger partial charge in [0.2, 0.25) is 0 Å². The fraction of sp³-hybridized carbons (Fsp3) is 0.250. The minimum Gasteiger partial charge on any atom is -0.0876 e. The molecule has 1 rings (SSSR count). The van der Waals surface area contributed by atoms with Crippen molar-refractivity contribution < 1.29 is 0 Å². The lowest BCUT2D eigenvalue weighted by Gasteiger charge is -2.04. The number of hydrogen-bond donors (Lipinski definition) is 0. The van der Waals surface area contributed by atoms with Crippen LogP contribution >= 0.6 is 43.5 Å². The minimum absolute atomic E-state index is 0.810. The van der Waals surface area contributed by atoms with Crippen LogP contribution in [0.3, 0.4) is 0 Å². The summed E-state index contributed by atoms with van der Waals surface area (Å²) in [5.41, 5.74) is 2.37. The van der Waals surface area contributed by atoms with E-state index in [1.165, 1.54) is 5.56 Å². The SMILES string of the molecule is Cc1cc(Br)cc(Cl)c1CBr. The van der Waals surface area contributed by atoms with Crippen LogP contribution < -0.4 is 0 Å². The molecule has 0 saturated carbocycles. The van der Waals surface area contributed by atoms with E-state index >= 15 is 0 Å². The summed E-state index contributed by atoms with van der Waals surface area (Å²) in [5.74, 6) is 0. The van der Waals surface area contributed by atoms with Crippen LogP contribution in [-0.4, -0.2) is 0 Å². The predicted octanol–water partition coefficient (Wildman–Crippen LogP) is 4.31. The summed E-state index contributed by atoms with van der Waals surface area (Å²) >= 11 is 12.7. The van der Waals surface area contributed by atoms with E-state index in [2.05, 4.69) is 37.9 Å². The Bertz CT molecular complexity index is 248. The minimum atomic E-state index is 0.810. The van der Waals surface area contributed by atoms with E-state index < -0.39 is 0 Å². The van der Waals surface area contributed by atoms with E-state index in [0.717, 1.165) is 20.4 Å².